The average molecular weight is 488 g/mol. The number of benzene rings is 2. The Morgan fingerprint density at radius 2 is 1.62 bits per heavy atom. The molecule has 2 aromatic carbocycles. The van der Waals surface area contributed by atoms with Crippen molar-refractivity contribution in [2.45, 2.75) is 19.1 Å². The highest BCUT2D eigenvalue weighted by molar-refractivity contribution is 8.01. The Labute approximate surface area is 200 Å². The highest BCUT2D eigenvalue weighted by Gasteiger charge is 2.19. The van der Waals surface area contributed by atoms with Crippen molar-refractivity contribution in [2.24, 2.45) is 0 Å². The Hall–Kier alpha value is -3.73. The Kier molecular flexibility index (Phi) is 8.74. The zero-order chi connectivity index (χ0) is 24.5. The number of hydrogen-bond acceptors (Lipinski definition) is 8. The molecule has 0 unspecified atom stereocenters. The lowest BCUT2D eigenvalue weighted by Crippen LogP contribution is -2.37. The van der Waals surface area contributed by atoms with Gasteiger partial charge < -0.3 is 24.8 Å². The molecule has 10 nitrogen and oxygen atoms in total. The summed E-state index contributed by atoms with van der Waals surface area (Å²) >= 11 is 1.07. The first-order chi connectivity index (χ1) is 16.3. The second-order valence-electron chi connectivity index (χ2n) is 7.34. The highest BCUT2D eigenvalue weighted by Crippen LogP contribution is 2.32. The number of aryl methyl sites for hydroxylation is 1. The van der Waals surface area contributed by atoms with Crippen LogP contribution in [0.1, 0.15) is 12.5 Å². The number of amides is 4. The van der Waals surface area contributed by atoms with Gasteiger partial charge in [0.25, 0.3) is 5.91 Å². The third-order valence-corrected chi connectivity index (χ3v) is 5.65. The molecule has 0 aromatic heterocycles. The fourth-order valence-corrected chi connectivity index (χ4v) is 3.48. The van der Waals surface area contributed by atoms with Gasteiger partial charge in [-0.1, -0.05) is 17.7 Å². The molecule has 4 amide bonds. The van der Waals surface area contributed by atoms with Crippen molar-refractivity contribution < 1.29 is 33.4 Å². The first-order valence-electron chi connectivity index (χ1n) is 10.5. The summed E-state index contributed by atoms with van der Waals surface area (Å²) in [7, 11) is 0. The molecule has 34 heavy (non-hydrogen) atoms. The number of esters is 1. The van der Waals surface area contributed by atoms with Crippen molar-refractivity contribution in [2.75, 3.05) is 36.2 Å². The van der Waals surface area contributed by atoms with Gasteiger partial charge in [0.2, 0.25) is 5.91 Å². The number of hydrogen-bond donors (Lipinski definition) is 3. The van der Waals surface area contributed by atoms with E-state index in [-0.39, 0.29) is 11.7 Å². The normalized spacial score (nSPS) is 12.8. The van der Waals surface area contributed by atoms with Crippen LogP contribution in [0.5, 0.6) is 11.5 Å². The van der Waals surface area contributed by atoms with Gasteiger partial charge in [0, 0.05) is 17.4 Å². The van der Waals surface area contributed by atoms with Crippen LogP contribution in [0.4, 0.5) is 16.2 Å². The molecule has 0 radical (unpaired) electrons. The van der Waals surface area contributed by atoms with Gasteiger partial charge in [0.1, 0.15) is 18.5 Å². The van der Waals surface area contributed by atoms with Gasteiger partial charge in [0.05, 0.1) is 5.75 Å². The summed E-state index contributed by atoms with van der Waals surface area (Å²) in [5.74, 6) is -0.632. The minimum Gasteiger partial charge on any atom is -0.486 e. The molecule has 1 heterocycles. The van der Waals surface area contributed by atoms with Crippen LogP contribution >= 0.6 is 11.8 Å². The van der Waals surface area contributed by atoms with E-state index in [1.54, 1.807) is 37.3 Å². The fourth-order valence-electron chi connectivity index (χ4n) is 2.80. The zero-order valence-corrected chi connectivity index (χ0v) is 19.5. The lowest BCUT2D eigenvalue weighted by Gasteiger charge is -2.19. The maximum absolute atomic E-state index is 12.1. The monoisotopic (exact) mass is 487 g/mol. The first-order valence-corrected chi connectivity index (χ1v) is 11.5. The third-order valence-electron chi connectivity index (χ3n) is 4.53. The molecule has 1 atom stereocenters. The molecular formula is C23H25N3O7S. The van der Waals surface area contributed by atoms with Gasteiger partial charge >= 0.3 is 12.0 Å². The first kappa shape index (κ1) is 24.9. The van der Waals surface area contributed by atoms with Crippen molar-refractivity contribution in [3.63, 3.8) is 0 Å². The van der Waals surface area contributed by atoms with E-state index in [2.05, 4.69) is 16.0 Å². The molecule has 3 rings (SSSR count). The number of ether oxygens (including phenoxy) is 3. The molecule has 0 fully saturated rings. The lowest BCUT2D eigenvalue weighted by molar-refractivity contribution is -0.147. The Balaban J connectivity index is 1.34. The third kappa shape index (κ3) is 7.69. The molecule has 180 valence electrons. The molecule has 0 saturated carbocycles. The smallest absolute Gasteiger partial charge is 0.325 e. The highest BCUT2D eigenvalue weighted by atomic mass is 32.2. The Morgan fingerprint density at radius 1 is 0.941 bits per heavy atom. The van der Waals surface area contributed by atoms with Gasteiger partial charge in [-0.05, 0) is 38.1 Å². The van der Waals surface area contributed by atoms with Crippen LogP contribution in [-0.4, -0.2) is 54.6 Å². The van der Waals surface area contributed by atoms with Crippen molar-refractivity contribution in [3.05, 3.63) is 48.0 Å². The summed E-state index contributed by atoms with van der Waals surface area (Å²) in [4.78, 5) is 48.1. The van der Waals surface area contributed by atoms with Gasteiger partial charge in [-0.3, -0.25) is 19.7 Å². The van der Waals surface area contributed by atoms with E-state index in [1.807, 2.05) is 19.1 Å². The van der Waals surface area contributed by atoms with E-state index in [0.29, 0.717) is 36.1 Å². The molecule has 0 saturated heterocycles. The minimum atomic E-state index is -0.794. The SMILES string of the molecule is Cc1ccc(NC(=O)CS[C@@H](C)C(=O)OCC(=O)NC(=O)Nc2ccc3c(c2)OCCO3)cc1. The van der Waals surface area contributed by atoms with Gasteiger partial charge in [-0.15, -0.1) is 11.8 Å². The van der Waals surface area contributed by atoms with Crippen LogP contribution < -0.4 is 25.4 Å². The van der Waals surface area contributed by atoms with Crippen LogP contribution in [0.2, 0.25) is 0 Å². The van der Waals surface area contributed by atoms with E-state index in [9.17, 15) is 19.2 Å². The van der Waals surface area contributed by atoms with Crippen LogP contribution in [0, 0.1) is 6.92 Å². The number of thioether (sulfide) groups is 1. The summed E-state index contributed by atoms with van der Waals surface area (Å²) < 4.78 is 15.8. The van der Waals surface area contributed by atoms with E-state index < -0.39 is 29.8 Å². The van der Waals surface area contributed by atoms with Crippen molar-refractivity contribution >= 4 is 47.0 Å². The summed E-state index contributed by atoms with van der Waals surface area (Å²) in [6.45, 7) is 3.74. The largest absolute Gasteiger partial charge is 0.486 e. The number of nitrogens with one attached hydrogen (secondary N) is 3. The predicted molar refractivity (Wildman–Crippen MR) is 127 cm³/mol. The topological polar surface area (TPSA) is 132 Å². The summed E-state index contributed by atoms with van der Waals surface area (Å²) in [5, 5.41) is 6.63. The standard InChI is InChI=1S/C23H25N3O7S/c1-14-3-5-16(6-4-14)24-21(28)13-34-15(2)22(29)33-12-20(27)26-23(30)25-17-7-8-18-19(11-17)32-10-9-31-18/h3-8,11,15H,9-10,12-13H2,1-2H3,(H,24,28)(H2,25,26,27,30)/t15-/m0/s1. The minimum absolute atomic E-state index is 0.0360. The summed E-state index contributed by atoms with van der Waals surface area (Å²) in [5.41, 5.74) is 2.15. The van der Waals surface area contributed by atoms with Crippen molar-refractivity contribution in [1.82, 2.24) is 5.32 Å². The Bertz CT molecular complexity index is 1060. The molecule has 1 aliphatic rings. The number of fused-ring (bicyclic) bond motifs is 1. The second kappa shape index (κ2) is 11.9. The van der Waals surface area contributed by atoms with Gasteiger partial charge in [-0.25, -0.2) is 4.79 Å². The molecule has 2 aromatic rings. The maximum atomic E-state index is 12.1. The number of carbonyl (C=O) groups is 4. The molecule has 0 bridgehead atoms. The molecule has 0 aliphatic carbocycles. The van der Waals surface area contributed by atoms with Crippen molar-refractivity contribution in [3.8, 4) is 11.5 Å². The van der Waals surface area contributed by atoms with Crippen molar-refractivity contribution in [1.29, 1.82) is 0 Å². The second-order valence-corrected chi connectivity index (χ2v) is 8.66. The number of urea groups is 1. The van der Waals surface area contributed by atoms with E-state index in [0.717, 1.165) is 17.3 Å². The van der Waals surface area contributed by atoms with Gasteiger partial charge in [-0.2, -0.15) is 0 Å². The average Bonchev–Trinajstić information content (AvgIpc) is 2.82. The van der Waals surface area contributed by atoms with E-state index in [1.165, 1.54) is 0 Å². The van der Waals surface area contributed by atoms with Crippen LogP contribution in [0.25, 0.3) is 0 Å². The Morgan fingerprint density at radius 3 is 2.35 bits per heavy atom. The molecule has 11 heteroatoms. The summed E-state index contributed by atoms with van der Waals surface area (Å²) in [6.07, 6.45) is 0. The number of imide groups is 1. The lowest BCUT2D eigenvalue weighted by atomic mass is 10.2. The fraction of sp³-hybridized carbons (Fsp3) is 0.304. The maximum Gasteiger partial charge on any atom is 0.325 e. The zero-order valence-electron chi connectivity index (χ0n) is 18.7. The number of rotatable bonds is 8. The number of anilines is 2. The molecule has 1 aliphatic heterocycles. The number of carbonyl (C=O) groups excluding carboxylic acids is 4. The van der Waals surface area contributed by atoms with E-state index in [4.69, 9.17) is 14.2 Å². The van der Waals surface area contributed by atoms with Crippen LogP contribution in [0.3, 0.4) is 0 Å². The van der Waals surface area contributed by atoms with E-state index >= 15 is 0 Å². The quantitative estimate of drug-likeness (QED) is 0.484. The summed E-state index contributed by atoms with van der Waals surface area (Å²) in [6, 6.07) is 11.4. The molecular weight excluding hydrogens is 462 g/mol. The molecule has 0 spiro atoms. The molecule has 3 N–H and O–H groups in total. The van der Waals surface area contributed by atoms with Crippen LogP contribution in [0.15, 0.2) is 42.5 Å². The van der Waals surface area contributed by atoms with Gasteiger partial charge in [0.15, 0.2) is 18.1 Å². The van der Waals surface area contributed by atoms with Crippen LogP contribution in [-0.2, 0) is 19.1 Å². The predicted octanol–water partition coefficient (Wildman–Crippen LogP) is 2.72.